The monoisotopic (exact) mass is 189 g/mol. The van der Waals surface area contributed by atoms with Crippen LogP contribution in [0.5, 0.6) is 0 Å². The number of ether oxygens (including phenoxy) is 1. The van der Waals surface area contributed by atoms with Crippen LogP contribution < -0.4 is 0 Å². The first kappa shape index (κ1) is 9.70. The number of halogens is 2. The third-order valence-electron chi connectivity index (χ3n) is 1.53. The molecule has 0 aliphatic heterocycles. The average Bonchev–Trinajstić information content (AvgIpc) is 2.33. The normalized spacial score (nSPS) is 10.2. The molecule has 0 amide bonds. The molecule has 0 spiro atoms. The van der Waals surface area contributed by atoms with E-state index in [9.17, 15) is 13.6 Å². The lowest BCUT2D eigenvalue weighted by atomic mass is 10.4. The van der Waals surface area contributed by atoms with Gasteiger partial charge in [0.15, 0.2) is 17.3 Å². The van der Waals surface area contributed by atoms with Crippen molar-refractivity contribution < 1.29 is 18.3 Å². The smallest absolute Gasteiger partial charge is 0.357 e. The summed E-state index contributed by atoms with van der Waals surface area (Å²) in [5.74, 6) is -3.11. The highest BCUT2D eigenvalue weighted by Crippen LogP contribution is 2.15. The van der Waals surface area contributed by atoms with Gasteiger partial charge in [-0.05, 0) is 13.8 Å². The van der Waals surface area contributed by atoms with Crippen LogP contribution >= 0.6 is 0 Å². The molecule has 1 aromatic heterocycles. The highest BCUT2D eigenvalue weighted by Gasteiger charge is 2.21. The lowest BCUT2D eigenvalue weighted by Gasteiger charge is -1.97. The molecule has 0 saturated heterocycles. The van der Waals surface area contributed by atoms with Gasteiger partial charge in [-0.25, -0.2) is 13.6 Å². The largest absolute Gasteiger partial charge is 0.461 e. The predicted molar refractivity (Wildman–Crippen MR) is 41.4 cm³/mol. The van der Waals surface area contributed by atoms with Crippen molar-refractivity contribution in [1.29, 1.82) is 0 Å². The molecule has 1 N–H and O–H groups in total. The maximum absolute atomic E-state index is 12.9. The van der Waals surface area contributed by atoms with Gasteiger partial charge in [0.25, 0.3) is 0 Å². The molecule has 0 fully saturated rings. The van der Waals surface area contributed by atoms with Crippen molar-refractivity contribution in [3.05, 3.63) is 23.0 Å². The minimum atomic E-state index is -1.18. The Kier molecular flexibility index (Phi) is 2.65. The van der Waals surface area contributed by atoms with Crippen LogP contribution in [0.25, 0.3) is 0 Å². The van der Waals surface area contributed by atoms with Crippen LogP contribution in [0, 0.1) is 18.6 Å². The van der Waals surface area contributed by atoms with E-state index in [0.29, 0.717) is 0 Å². The van der Waals surface area contributed by atoms with Gasteiger partial charge in [-0.3, -0.25) is 0 Å². The van der Waals surface area contributed by atoms with Crippen molar-refractivity contribution >= 4 is 5.97 Å². The van der Waals surface area contributed by atoms with Crippen molar-refractivity contribution in [3.8, 4) is 0 Å². The quantitative estimate of drug-likeness (QED) is 0.720. The molecule has 1 aromatic rings. The van der Waals surface area contributed by atoms with E-state index < -0.39 is 23.3 Å². The summed E-state index contributed by atoms with van der Waals surface area (Å²) in [6.07, 6.45) is 0. The maximum Gasteiger partial charge on any atom is 0.357 e. The minimum Gasteiger partial charge on any atom is -0.461 e. The first-order valence-corrected chi connectivity index (χ1v) is 3.78. The first-order chi connectivity index (χ1) is 6.07. The van der Waals surface area contributed by atoms with E-state index in [1.54, 1.807) is 6.92 Å². The molecular formula is C8H9F2NO2. The second-order valence-electron chi connectivity index (χ2n) is 2.47. The molecule has 13 heavy (non-hydrogen) atoms. The highest BCUT2D eigenvalue weighted by atomic mass is 19.2. The predicted octanol–water partition coefficient (Wildman–Crippen LogP) is 1.78. The van der Waals surface area contributed by atoms with E-state index in [2.05, 4.69) is 9.72 Å². The fraction of sp³-hybridized carbons (Fsp3) is 0.375. The van der Waals surface area contributed by atoms with E-state index in [0.717, 1.165) is 0 Å². The van der Waals surface area contributed by atoms with E-state index in [1.807, 2.05) is 0 Å². The molecule has 0 bridgehead atoms. The van der Waals surface area contributed by atoms with Gasteiger partial charge in [0.1, 0.15) is 0 Å². The number of H-pyrrole nitrogens is 1. The van der Waals surface area contributed by atoms with Crippen molar-refractivity contribution in [3.63, 3.8) is 0 Å². The molecule has 0 unspecified atom stereocenters. The lowest BCUT2D eigenvalue weighted by Crippen LogP contribution is -2.07. The second kappa shape index (κ2) is 3.55. The first-order valence-electron chi connectivity index (χ1n) is 3.78. The molecule has 0 atom stereocenters. The maximum atomic E-state index is 12.9. The summed E-state index contributed by atoms with van der Waals surface area (Å²) in [5, 5.41) is 0. The van der Waals surface area contributed by atoms with E-state index in [-0.39, 0.29) is 12.3 Å². The highest BCUT2D eigenvalue weighted by molar-refractivity contribution is 5.87. The van der Waals surface area contributed by atoms with Gasteiger partial charge in [-0.1, -0.05) is 0 Å². The number of hydrogen-bond donors (Lipinski definition) is 1. The molecule has 0 aliphatic carbocycles. The van der Waals surface area contributed by atoms with Gasteiger partial charge in [-0.2, -0.15) is 0 Å². The summed E-state index contributed by atoms with van der Waals surface area (Å²) in [4.78, 5) is 13.2. The Morgan fingerprint density at radius 1 is 1.46 bits per heavy atom. The number of rotatable bonds is 2. The average molecular weight is 189 g/mol. The summed E-state index contributed by atoms with van der Waals surface area (Å²) >= 11 is 0. The Hall–Kier alpha value is -1.39. The Bertz CT molecular complexity index is 333. The molecule has 1 rings (SSSR count). The fourth-order valence-electron chi connectivity index (χ4n) is 0.916. The van der Waals surface area contributed by atoms with Crippen molar-refractivity contribution in [2.24, 2.45) is 0 Å². The van der Waals surface area contributed by atoms with Crippen LogP contribution in [0.4, 0.5) is 8.78 Å². The molecule has 0 aromatic carbocycles. The minimum absolute atomic E-state index is 0.0134. The van der Waals surface area contributed by atoms with Crippen LogP contribution in [0.3, 0.4) is 0 Å². The standard InChI is InChI=1S/C8H9F2NO2/c1-3-13-8(12)7-6(10)5(9)4(2)11-7/h11H,3H2,1-2H3. The van der Waals surface area contributed by atoms with Gasteiger partial charge in [-0.15, -0.1) is 0 Å². The van der Waals surface area contributed by atoms with Crippen LogP contribution in [-0.2, 0) is 4.74 Å². The third kappa shape index (κ3) is 1.68. The number of esters is 1. The van der Waals surface area contributed by atoms with Crippen molar-refractivity contribution in [2.45, 2.75) is 13.8 Å². The van der Waals surface area contributed by atoms with Crippen LogP contribution in [0.1, 0.15) is 23.1 Å². The van der Waals surface area contributed by atoms with Gasteiger partial charge < -0.3 is 9.72 Å². The number of aryl methyl sites for hydroxylation is 1. The zero-order valence-electron chi connectivity index (χ0n) is 7.28. The molecule has 5 heteroatoms. The Morgan fingerprint density at radius 3 is 2.46 bits per heavy atom. The number of aromatic amines is 1. The molecular weight excluding hydrogens is 180 g/mol. The Labute approximate surface area is 73.7 Å². The fourth-order valence-corrected chi connectivity index (χ4v) is 0.916. The van der Waals surface area contributed by atoms with Crippen molar-refractivity contribution in [2.75, 3.05) is 6.61 Å². The number of nitrogens with one attached hydrogen (secondary N) is 1. The Balaban J connectivity index is 3.01. The summed E-state index contributed by atoms with van der Waals surface area (Å²) < 4.78 is 30.1. The van der Waals surface area contributed by atoms with E-state index >= 15 is 0 Å². The molecule has 72 valence electrons. The van der Waals surface area contributed by atoms with Crippen LogP contribution in [0.2, 0.25) is 0 Å². The summed E-state index contributed by atoms with van der Waals surface area (Å²) in [6.45, 7) is 3.04. The van der Waals surface area contributed by atoms with Gasteiger partial charge >= 0.3 is 5.97 Å². The van der Waals surface area contributed by atoms with Crippen LogP contribution in [0.15, 0.2) is 0 Å². The Morgan fingerprint density at radius 2 is 2.08 bits per heavy atom. The number of carbonyl (C=O) groups is 1. The number of hydrogen-bond acceptors (Lipinski definition) is 2. The molecule has 0 saturated carbocycles. The molecule has 1 heterocycles. The van der Waals surface area contributed by atoms with Gasteiger partial charge in [0, 0.05) is 0 Å². The zero-order valence-corrected chi connectivity index (χ0v) is 7.28. The SMILES string of the molecule is CCOC(=O)c1[nH]c(C)c(F)c1F. The van der Waals surface area contributed by atoms with Gasteiger partial charge in [0.05, 0.1) is 12.3 Å². The summed E-state index contributed by atoms with van der Waals surface area (Å²) in [6, 6.07) is 0. The van der Waals surface area contributed by atoms with E-state index in [4.69, 9.17) is 0 Å². The number of carbonyl (C=O) groups excluding carboxylic acids is 1. The molecule has 0 aliphatic rings. The van der Waals surface area contributed by atoms with Gasteiger partial charge in [0.2, 0.25) is 0 Å². The van der Waals surface area contributed by atoms with Crippen LogP contribution in [-0.4, -0.2) is 17.6 Å². The van der Waals surface area contributed by atoms with Crippen molar-refractivity contribution in [1.82, 2.24) is 4.98 Å². The summed E-state index contributed by atoms with van der Waals surface area (Å²) in [5.41, 5.74) is -0.475. The second-order valence-corrected chi connectivity index (χ2v) is 2.47. The lowest BCUT2D eigenvalue weighted by molar-refractivity contribution is 0.0514. The van der Waals surface area contributed by atoms with E-state index in [1.165, 1.54) is 6.92 Å². The zero-order chi connectivity index (χ0) is 10.0. The summed E-state index contributed by atoms with van der Waals surface area (Å²) in [7, 11) is 0. The molecule has 0 radical (unpaired) electrons. The number of aromatic nitrogens is 1. The topological polar surface area (TPSA) is 42.1 Å². The third-order valence-corrected chi connectivity index (χ3v) is 1.53. The molecule has 3 nitrogen and oxygen atoms in total.